The molecule has 0 radical (unpaired) electrons. The lowest BCUT2D eigenvalue weighted by atomic mass is 10.9. The van der Waals surface area contributed by atoms with Crippen LogP contribution in [0.1, 0.15) is 0 Å². The molecule has 6 heteroatoms. The largest absolute Gasteiger partial charge is 0.750 e. The summed E-state index contributed by atoms with van der Waals surface area (Å²) in [6, 6.07) is 0. The van der Waals surface area contributed by atoms with E-state index in [9.17, 15) is 0 Å². The van der Waals surface area contributed by atoms with E-state index in [2.05, 4.69) is 0 Å². The van der Waals surface area contributed by atoms with Crippen molar-refractivity contribution in [1.82, 2.24) is 4.57 Å². The fourth-order valence-electron chi connectivity index (χ4n) is 0.575. The highest BCUT2D eigenvalue weighted by molar-refractivity contribution is 7.73. The van der Waals surface area contributed by atoms with Gasteiger partial charge in [-0.25, -0.2) is 13.3 Å². The minimum atomic E-state index is -2.86. The van der Waals surface area contributed by atoms with Crippen LogP contribution in [0.4, 0.5) is 0 Å². The van der Waals surface area contributed by atoms with Crippen LogP contribution in [0.25, 0.3) is 0 Å². The van der Waals surface area contributed by atoms with Gasteiger partial charge in [0.05, 0.1) is 25.5 Å². The van der Waals surface area contributed by atoms with Crippen molar-refractivity contribution in [2.75, 3.05) is 0 Å². The third-order valence-electron chi connectivity index (χ3n) is 0.901. The van der Waals surface area contributed by atoms with Gasteiger partial charge in [0.1, 0.15) is 12.4 Å². The number of nitrogens with zero attached hydrogens (tertiary/aromatic N) is 2. The predicted molar refractivity (Wildman–Crippen MR) is 38.1 cm³/mol. The number of hydrogen-bond acceptors (Lipinski definition) is 2. The fourth-order valence-corrected chi connectivity index (χ4v) is 0.575. The second-order valence-corrected chi connectivity index (χ2v) is 2.40. The lowest BCUT2D eigenvalue weighted by molar-refractivity contribution is -0.670. The van der Waals surface area contributed by atoms with Crippen molar-refractivity contribution < 1.29 is 17.9 Å². The van der Waals surface area contributed by atoms with E-state index < -0.39 is 11.4 Å². The van der Waals surface area contributed by atoms with Crippen LogP contribution >= 0.6 is 0 Å². The molecule has 0 amide bonds. The van der Waals surface area contributed by atoms with Gasteiger partial charge in [-0.05, 0) is 0 Å². The summed E-state index contributed by atoms with van der Waals surface area (Å²) in [5.74, 6) is 0. The summed E-state index contributed by atoms with van der Waals surface area (Å²) in [6.45, 7) is 0. The summed E-state index contributed by atoms with van der Waals surface area (Å²) in [5, 5.41) is 0. The Morgan fingerprint density at radius 1 is 1.73 bits per heavy atom. The van der Waals surface area contributed by atoms with Crippen LogP contribution in [0.2, 0.25) is 0 Å². The Labute approximate surface area is 67.4 Å². The average Bonchev–Trinajstić information content (AvgIpc) is 2.13. The van der Waals surface area contributed by atoms with Crippen LogP contribution in [0.3, 0.4) is 0 Å². The van der Waals surface area contributed by atoms with Crippen LogP contribution < -0.4 is 4.57 Å². The first-order valence-electron chi connectivity index (χ1n) is 2.78. The topological polar surface area (TPSA) is 69.2 Å². The quantitative estimate of drug-likeness (QED) is 0.417. The summed E-state index contributed by atoms with van der Waals surface area (Å²) < 4.78 is 28.1. The molecule has 0 aliphatic heterocycles. The maximum atomic E-state index is 8.56. The summed E-state index contributed by atoms with van der Waals surface area (Å²) in [7, 11) is 4.00. The molecule has 0 aromatic carbocycles. The van der Waals surface area contributed by atoms with Crippen molar-refractivity contribution in [3.05, 3.63) is 18.7 Å². The molecule has 1 unspecified atom stereocenters. The molecule has 0 aliphatic rings. The Morgan fingerprint density at radius 2 is 2.18 bits per heavy atom. The first kappa shape index (κ1) is 10.3. The molecule has 5 nitrogen and oxygen atoms in total. The highest BCUT2D eigenvalue weighted by Gasteiger charge is 1.87. The van der Waals surface area contributed by atoms with Gasteiger partial charge in [-0.1, -0.05) is 0 Å². The molecular formula is C5H10N2O3S. The summed E-state index contributed by atoms with van der Waals surface area (Å²) in [5.41, 5.74) is 0. The number of aryl methyl sites for hydroxylation is 2. The molecule has 0 saturated heterocycles. The SMILES string of the molecule is Cn1cc[n+](C)c1.O=S([O-])O. The van der Waals surface area contributed by atoms with E-state index >= 15 is 0 Å². The minimum absolute atomic E-state index is 2.00. The molecule has 11 heavy (non-hydrogen) atoms. The Morgan fingerprint density at radius 3 is 2.27 bits per heavy atom. The molecule has 0 spiro atoms. The number of imidazole rings is 1. The van der Waals surface area contributed by atoms with Crippen molar-refractivity contribution >= 4 is 11.4 Å². The third-order valence-corrected chi connectivity index (χ3v) is 0.901. The van der Waals surface area contributed by atoms with Gasteiger partial charge in [-0.3, -0.25) is 0 Å². The van der Waals surface area contributed by atoms with E-state index in [0.717, 1.165) is 0 Å². The summed E-state index contributed by atoms with van der Waals surface area (Å²) >= 11 is -2.86. The number of rotatable bonds is 0. The monoisotopic (exact) mass is 178 g/mol. The summed E-state index contributed by atoms with van der Waals surface area (Å²) in [4.78, 5) is 0. The first-order valence-corrected chi connectivity index (χ1v) is 3.81. The molecule has 0 bridgehead atoms. The van der Waals surface area contributed by atoms with Gasteiger partial charge in [0.15, 0.2) is 0 Å². The van der Waals surface area contributed by atoms with E-state index in [1.165, 1.54) is 0 Å². The van der Waals surface area contributed by atoms with Gasteiger partial charge in [0.2, 0.25) is 6.33 Å². The van der Waals surface area contributed by atoms with Crippen molar-refractivity contribution in [1.29, 1.82) is 0 Å². The van der Waals surface area contributed by atoms with Crippen molar-refractivity contribution in [3.63, 3.8) is 0 Å². The minimum Gasteiger partial charge on any atom is -0.750 e. The molecule has 0 aliphatic carbocycles. The molecule has 0 saturated carbocycles. The van der Waals surface area contributed by atoms with Gasteiger partial charge in [-0.15, -0.1) is 0 Å². The highest BCUT2D eigenvalue weighted by atomic mass is 32.2. The second-order valence-electron chi connectivity index (χ2n) is 1.96. The van der Waals surface area contributed by atoms with E-state index in [4.69, 9.17) is 13.3 Å². The van der Waals surface area contributed by atoms with Crippen molar-refractivity contribution in [3.8, 4) is 0 Å². The predicted octanol–water partition coefficient (Wildman–Crippen LogP) is -0.812. The molecule has 1 aromatic heterocycles. The Kier molecular flexibility index (Phi) is 4.67. The smallest absolute Gasteiger partial charge is 0.243 e. The van der Waals surface area contributed by atoms with Gasteiger partial charge < -0.3 is 9.11 Å². The first-order chi connectivity index (χ1) is 5.02. The number of aromatic nitrogens is 2. The highest BCUT2D eigenvalue weighted by Crippen LogP contribution is 1.70. The van der Waals surface area contributed by atoms with Gasteiger partial charge >= 0.3 is 0 Å². The van der Waals surface area contributed by atoms with Crippen LogP contribution in [-0.2, 0) is 25.5 Å². The zero-order valence-corrected chi connectivity index (χ0v) is 7.11. The molecule has 64 valence electrons. The van der Waals surface area contributed by atoms with E-state index in [1.54, 1.807) is 0 Å². The van der Waals surface area contributed by atoms with Crippen LogP contribution in [-0.4, -0.2) is 17.9 Å². The standard InChI is InChI=1S/C5H9N2.H2O3S/c1-6-3-4-7(2)5-6;1-4(2)3/h3-5H,1-2H3;(H2,1,2,3)/q+1;/p-1. The Balaban J connectivity index is 0.000000218. The Bertz CT molecular complexity index is 215. The normalized spacial score (nSPS) is 11.6. The van der Waals surface area contributed by atoms with Gasteiger partial charge in [0.25, 0.3) is 0 Å². The molecule has 1 N–H and O–H groups in total. The molecule has 1 rings (SSSR count). The molecule has 1 heterocycles. The van der Waals surface area contributed by atoms with E-state index in [1.807, 2.05) is 42.0 Å². The molecule has 1 atom stereocenters. The molecule has 0 fully saturated rings. The van der Waals surface area contributed by atoms with Crippen molar-refractivity contribution in [2.45, 2.75) is 0 Å². The van der Waals surface area contributed by atoms with Crippen LogP contribution in [0.15, 0.2) is 18.7 Å². The molecule has 1 aromatic rings. The maximum Gasteiger partial charge on any atom is 0.243 e. The van der Waals surface area contributed by atoms with Gasteiger partial charge in [-0.2, -0.15) is 0 Å². The summed E-state index contributed by atoms with van der Waals surface area (Å²) in [6.07, 6.45) is 6.00. The zero-order chi connectivity index (χ0) is 8.85. The van der Waals surface area contributed by atoms with E-state index in [0.29, 0.717) is 0 Å². The van der Waals surface area contributed by atoms with Gasteiger partial charge in [0, 0.05) is 0 Å². The van der Waals surface area contributed by atoms with E-state index in [-0.39, 0.29) is 0 Å². The number of hydrogen-bond donors (Lipinski definition) is 1. The van der Waals surface area contributed by atoms with Crippen molar-refractivity contribution in [2.24, 2.45) is 14.1 Å². The van der Waals surface area contributed by atoms with Crippen LogP contribution in [0, 0.1) is 0 Å². The zero-order valence-electron chi connectivity index (χ0n) is 6.30. The average molecular weight is 178 g/mol. The lowest BCUT2D eigenvalue weighted by Gasteiger charge is -1.83. The molecular weight excluding hydrogens is 168 g/mol. The maximum absolute atomic E-state index is 8.56. The van der Waals surface area contributed by atoms with Crippen LogP contribution in [0.5, 0.6) is 0 Å². The lowest BCUT2D eigenvalue weighted by Crippen LogP contribution is -2.23. The fraction of sp³-hybridized carbons (Fsp3) is 0.400. The third kappa shape index (κ3) is 7.17. The second kappa shape index (κ2) is 5.00. The Hall–Kier alpha value is -0.720.